The molecule has 0 saturated carbocycles. The molecule has 100 valence electrons. The lowest BCUT2D eigenvalue weighted by Crippen LogP contribution is -2.35. The number of benzene rings is 1. The molecule has 3 amide bonds. The van der Waals surface area contributed by atoms with Crippen LogP contribution in [0.25, 0.3) is 0 Å². The van der Waals surface area contributed by atoms with Crippen molar-refractivity contribution in [3.63, 3.8) is 0 Å². The first-order valence-corrected chi connectivity index (χ1v) is 6.38. The summed E-state index contributed by atoms with van der Waals surface area (Å²) in [5, 5.41) is 9.55. The van der Waals surface area contributed by atoms with Crippen LogP contribution in [-0.4, -0.2) is 40.6 Å². The van der Waals surface area contributed by atoms with E-state index in [9.17, 15) is 14.7 Å². The highest BCUT2D eigenvalue weighted by Gasteiger charge is 2.50. The van der Waals surface area contributed by atoms with Crippen molar-refractivity contribution in [3.8, 4) is 0 Å². The molecule has 3 rings (SSSR count). The molecule has 2 fully saturated rings. The topological polar surface area (TPSA) is 60.9 Å². The smallest absolute Gasteiger partial charge is 0.332 e. The van der Waals surface area contributed by atoms with Gasteiger partial charge in [-0.05, 0) is 37.1 Å². The van der Waals surface area contributed by atoms with Gasteiger partial charge in [0.15, 0.2) is 0 Å². The second-order valence-corrected chi connectivity index (χ2v) is 5.36. The average Bonchev–Trinajstić information content (AvgIpc) is 2.78. The normalized spacial score (nSPS) is 26.3. The van der Waals surface area contributed by atoms with E-state index in [2.05, 4.69) is 0 Å². The molecule has 0 radical (unpaired) electrons. The number of aliphatic hydroxyl groups is 1. The first kappa shape index (κ1) is 12.2. The number of amides is 3. The van der Waals surface area contributed by atoms with Gasteiger partial charge in [0.05, 0.1) is 11.8 Å². The summed E-state index contributed by atoms with van der Waals surface area (Å²) in [5.74, 6) is -0.230. The van der Waals surface area contributed by atoms with Gasteiger partial charge in [0.2, 0.25) is 0 Å². The maximum absolute atomic E-state index is 12.3. The summed E-state index contributed by atoms with van der Waals surface area (Å²) in [4.78, 5) is 27.3. The molecule has 5 nitrogen and oxygen atoms in total. The zero-order chi connectivity index (χ0) is 13.7. The van der Waals surface area contributed by atoms with Crippen LogP contribution in [0.2, 0.25) is 0 Å². The third-order valence-corrected chi connectivity index (χ3v) is 3.69. The highest BCUT2D eigenvalue weighted by atomic mass is 16.3. The quantitative estimate of drug-likeness (QED) is 0.772. The molecule has 5 heteroatoms. The molecule has 0 spiro atoms. The van der Waals surface area contributed by atoms with Gasteiger partial charge in [-0.25, -0.2) is 9.69 Å². The molecule has 0 bridgehead atoms. The van der Waals surface area contributed by atoms with Crippen LogP contribution in [-0.2, 0) is 4.79 Å². The number of aliphatic hydroxyl groups excluding tert-OH is 1. The maximum atomic E-state index is 12.3. The van der Waals surface area contributed by atoms with E-state index < -0.39 is 12.1 Å². The summed E-state index contributed by atoms with van der Waals surface area (Å²) >= 11 is 0. The Morgan fingerprint density at radius 3 is 2.37 bits per heavy atom. The molecule has 2 aliphatic heterocycles. The Bertz CT molecular complexity index is 526. The maximum Gasteiger partial charge on any atom is 0.332 e. The Morgan fingerprint density at radius 1 is 1.16 bits per heavy atom. The summed E-state index contributed by atoms with van der Waals surface area (Å²) in [5.41, 5.74) is 2.65. The van der Waals surface area contributed by atoms with Crippen molar-refractivity contribution < 1.29 is 14.7 Å². The van der Waals surface area contributed by atoms with Gasteiger partial charge < -0.3 is 10.0 Å². The van der Waals surface area contributed by atoms with Gasteiger partial charge >= 0.3 is 6.03 Å². The van der Waals surface area contributed by atoms with Crippen LogP contribution < -0.4 is 4.90 Å². The Kier molecular flexibility index (Phi) is 2.60. The summed E-state index contributed by atoms with van der Waals surface area (Å²) < 4.78 is 0. The molecule has 2 unspecified atom stereocenters. The molecule has 2 saturated heterocycles. The molecule has 1 N–H and O–H groups in total. The number of fused-ring (bicyclic) bond motifs is 1. The third-order valence-electron chi connectivity index (χ3n) is 3.69. The number of anilines is 1. The fourth-order valence-corrected chi connectivity index (χ4v) is 2.95. The van der Waals surface area contributed by atoms with Gasteiger partial charge in [0.25, 0.3) is 5.91 Å². The van der Waals surface area contributed by atoms with E-state index >= 15 is 0 Å². The van der Waals surface area contributed by atoms with Crippen molar-refractivity contribution in [1.82, 2.24) is 4.90 Å². The van der Waals surface area contributed by atoms with Crippen LogP contribution >= 0.6 is 0 Å². The average molecular weight is 260 g/mol. The van der Waals surface area contributed by atoms with Crippen LogP contribution in [0.5, 0.6) is 0 Å². The highest BCUT2D eigenvalue weighted by molar-refractivity contribution is 6.21. The van der Waals surface area contributed by atoms with E-state index in [0.29, 0.717) is 12.1 Å². The van der Waals surface area contributed by atoms with Crippen molar-refractivity contribution in [2.24, 2.45) is 0 Å². The first-order valence-electron chi connectivity index (χ1n) is 6.38. The molecule has 2 aliphatic rings. The predicted octanol–water partition coefficient (Wildman–Crippen LogP) is 1.21. The third kappa shape index (κ3) is 1.81. The van der Waals surface area contributed by atoms with E-state index in [1.807, 2.05) is 32.0 Å². The standard InChI is InChI=1S/C14H16N2O3/c1-8-3-9(2)5-10(4-8)16-13(18)12-6-11(17)7-15(12)14(16)19/h3-5,11-12,17H,6-7H2,1-2H3. The predicted molar refractivity (Wildman–Crippen MR) is 69.9 cm³/mol. The van der Waals surface area contributed by atoms with Crippen molar-refractivity contribution in [3.05, 3.63) is 29.3 Å². The van der Waals surface area contributed by atoms with Crippen molar-refractivity contribution in [1.29, 1.82) is 0 Å². The number of urea groups is 1. The van der Waals surface area contributed by atoms with Crippen LogP contribution in [0.3, 0.4) is 0 Å². The minimum Gasteiger partial charge on any atom is -0.391 e. The zero-order valence-electron chi connectivity index (χ0n) is 11.0. The molecule has 19 heavy (non-hydrogen) atoms. The Hall–Kier alpha value is -1.88. The second kappa shape index (κ2) is 4.06. The van der Waals surface area contributed by atoms with Crippen LogP contribution in [0.15, 0.2) is 18.2 Å². The Labute approximate surface area is 111 Å². The number of imide groups is 1. The molecule has 1 aromatic rings. The van der Waals surface area contributed by atoms with E-state index in [-0.39, 0.29) is 18.5 Å². The number of carbonyl (C=O) groups excluding carboxylic acids is 2. The number of hydrogen-bond acceptors (Lipinski definition) is 3. The number of carbonyl (C=O) groups is 2. The molecule has 0 aliphatic carbocycles. The van der Waals surface area contributed by atoms with Crippen molar-refractivity contribution in [2.75, 3.05) is 11.4 Å². The van der Waals surface area contributed by atoms with Crippen LogP contribution in [0.4, 0.5) is 10.5 Å². The first-order chi connectivity index (χ1) is 8.97. The van der Waals surface area contributed by atoms with E-state index in [1.165, 1.54) is 9.80 Å². The van der Waals surface area contributed by atoms with Gasteiger partial charge in [0.1, 0.15) is 6.04 Å². The second-order valence-electron chi connectivity index (χ2n) is 5.36. The van der Waals surface area contributed by atoms with Gasteiger partial charge in [-0.3, -0.25) is 4.79 Å². The monoisotopic (exact) mass is 260 g/mol. The van der Waals surface area contributed by atoms with E-state index in [4.69, 9.17) is 0 Å². The van der Waals surface area contributed by atoms with E-state index in [0.717, 1.165) is 11.1 Å². The lowest BCUT2D eigenvalue weighted by atomic mass is 10.1. The largest absolute Gasteiger partial charge is 0.391 e. The van der Waals surface area contributed by atoms with Gasteiger partial charge in [-0.1, -0.05) is 6.07 Å². The van der Waals surface area contributed by atoms with Crippen LogP contribution in [0.1, 0.15) is 17.5 Å². The number of rotatable bonds is 1. The van der Waals surface area contributed by atoms with E-state index in [1.54, 1.807) is 0 Å². The SMILES string of the molecule is Cc1cc(C)cc(N2C(=O)C3CC(O)CN3C2=O)c1. The Balaban J connectivity index is 1.98. The fraction of sp³-hybridized carbons (Fsp3) is 0.429. The Morgan fingerprint density at radius 2 is 1.79 bits per heavy atom. The summed E-state index contributed by atoms with van der Waals surface area (Å²) in [6.07, 6.45) is -0.245. The summed E-state index contributed by atoms with van der Waals surface area (Å²) in [6, 6.07) is 4.85. The van der Waals surface area contributed by atoms with Crippen molar-refractivity contribution in [2.45, 2.75) is 32.4 Å². The summed E-state index contributed by atoms with van der Waals surface area (Å²) in [7, 11) is 0. The molecular weight excluding hydrogens is 244 g/mol. The minimum absolute atomic E-state index is 0.230. The molecule has 0 aromatic heterocycles. The minimum atomic E-state index is -0.584. The highest BCUT2D eigenvalue weighted by Crippen LogP contribution is 2.32. The van der Waals surface area contributed by atoms with Gasteiger partial charge in [-0.2, -0.15) is 0 Å². The van der Waals surface area contributed by atoms with Gasteiger partial charge in [-0.15, -0.1) is 0 Å². The van der Waals surface area contributed by atoms with Crippen molar-refractivity contribution >= 4 is 17.6 Å². The lowest BCUT2D eigenvalue weighted by molar-refractivity contribution is -0.119. The molecular formula is C14H16N2O3. The number of aryl methyl sites for hydroxylation is 2. The number of nitrogens with zero attached hydrogens (tertiary/aromatic N) is 2. The fourth-order valence-electron chi connectivity index (χ4n) is 2.95. The lowest BCUT2D eigenvalue weighted by Gasteiger charge is -2.17. The zero-order valence-corrected chi connectivity index (χ0v) is 11.0. The van der Waals surface area contributed by atoms with Crippen LogP contribution in [0, 0.1) is 13.8 Å². The molecule has 2 atom stereocenters. The molecule has 1 aromatic carbocycles. The molecule has 2 heterocycles. The van der Waals surface area contributed by atoms with Gasteiger partial charge in [0, 0.05) is 13.0 Å². The number of hydrogen-bond donors (Lipinski definition) is 1. The summed E-state index contributed by atoms with van der Waals surface area (Å²) in [6.45, 7) is 4.12.